The molecule has 5 heteroatoms. The second-order valence-corrected chi connectivity index (χ2v) is 9.38. The van der Waals surface area contributed by atoms with Gasteiger partial charge in [0.15, 0.2) is 0 Å². The normalized spacial score (nSPS) is 11.2. The molecule has 1 amide bonds. The minimum atomic E-state index is -0.000963. The summed E-state index contributed by atoms with van der Waals surface area (Å²) in [5, 5.41) is 13.4. The number of aromatic nitrogens is 2. The zero-order valence-electron chi connectivity index (χ0n) is 20.7. The SMILES string of the molecule is CCCCCCCCCCCCCCCC(=O)Nc1ccc(-c2nc3ccccc3[nH]2)c(O)c1. The van der Waals surface area contributed by atoms with Gasteiger partial charge < -0.3 is 15.4 Å². The van der Waals surface area contributed by atoms with Crippen molar-refractivity contribution in [2.75, 3.05) is 5.32 Å². The predicted molar refractivity (Wildman–Crippen MR) is 142 cm³/mol. The molecule has 34 heavy (non-hydrogen) atoms. The van der Waals surface area contributed by atoms with Crippen LogP contribution in [0.15, 0.2) is 42.5 Å². The number of nitrogens with zero attached hydrogens (tertiary/aromatic N) is 1. The number of carbonyl (C=O) groups is 1. The molecule has 2 aromatic carbocycles. The lowest BCUT2D eigenvalue weighted by Crippen LogP contribution is -2.11. The molecule has 3 N–H and O–H groups in total. The van der Waals surface area contributed by atoms with Crippen LogP contribution < -0.4 is 5.32 Å². The molecule has 0 bridgehead atoms. The van der Waals surface area contributed by atoms with Crippen LogP contribution in [0, 0.1) is 0 Å². The highest BCUT2D eigenvalue weighted by Gasteiger charge is 2.11. The number of H-pyrrole nitrogens is 1. The zero-order valence-corrected chi connectivity index (χ0v) is 20.7. The molecule has 0 aliphatic heterocycles. The Kier molecular flexibility index (Phi) is 11.0. The van der Waals surface area contributed by atoms with Gasteiger partial charge in [0, 0.05) is 18.2 Å². The minimum Gasteiger partial charge on any atom is -0.507 e. The number of benzene rings is 2. The molecule has 3 aromatic rings. The average Bonchev–Trinajstić information content (AvgIpc) is 3.26. The predicted octanol–water partition coefficient (Wildman–Crippen LogP) is 8.36. The van der Waals surface area contributed by atoms with E-state index in [1.807, 2.05) is 30.3 Å². The van der Waals surface area contributed by atoms with Crippen molar-refractivity contribution in [1.82, 2.24) is 9.97 Å². The molecule has 0 aliphatic carbocycles. The topological polar surface area (TPSA) is 78.0 Å². The molecule has 5 nitrogen and oxygen atoms in total. The maximum absolute atomic E-state index is 12.3. The summed E-state index contributed by atoms with van der Waals surface area (Å²) in [7, 11) is 0. The fourth-order valence-corrected chi connectivity index (χ4v) is 4.42. The van der Waals surface area contributed by atoms with Gasteiger partial charge in [-0.15, -0.1) is 0 Å². The number of hydrogen-bond donors (Lipinski definition) is 3. The Morgan fingerprint density at radius 2 is 1.47 bits per heavy atom. The summed E-state index contributed by atoms with van der Waals surface area (Å²) in [6.07, 6.45) is 17.3. The summed E-state index contributed by atoms with van der Waals surface area (Å²) >= 11 is 0. The molecular weight excluding hydrogens is 422 g/mol. The molecule has 184 valence electrons. The number of hydrogen-bond acceptors (Lipinski definition) is 3. The standard InChI is InChI=1S/C29H41N3O2/c1-2-3-4-5-6-7-8-9-10-11-12-13-14-19-28(34)30-23-20-21-24(27(33)22-23)29-31-25-17-15-16-18-26(25)32-29/h15-18,20-22,33H,2-14,19H2,1H3,(H,30,34)(H,31,32). The van der Waals surface area contributed by atoms with E-state index in [9.17, 15) is 9.90 Å². The molecule has 0 radical (unpaired) electrons. The van der Waals surface area contributed by atoms with Gasteiger partial charge in [0.05, 0.1) is 16.6 Å². The second kappa shape index (κ2) is 14.4. The van der Waals surface area contributed by atoms with Gasteiger partial charge in [-0.1, -0.05) is 96.1 Å². The first kappa shape index (κ1) is 25.8. The first-order valence-corrected chi connectivity index (χ1v) is 13.3. The number of carbonyl (C=O) groups excluding carboxylic acids is 1. The Bertz CT molecular complexity index is 979. The van der Waals surface area contributed by atoms with E-state index in [0.29, 0.717) is 23.5 Å². The largest absolute Gasteiger partial charge is 0.507 e. The van der Waals surface area contributed by atoms with Gasteiger partial charge >= 0.3 is 0 Å². The summed E-state index contributed by atoms with van der Waals surface area (Å²) < 4.78 is 0. The van der Waals surface area contributed by atoms with Crippen molar-refractivity contribution in [3.63, 3.8) is 0 Å². The van der Waals surface area contributed by atoms with E-state index in [-0.39, 0.29) is 11.7 Å². The number of phenolic OH excluding ortho intramolecular Hbond substituents is 1. The molecule has 1 aromatic heterocycles. The average molecular weight is 464 g/mol. The van der Waals surface area contributed by atoms with Crippen molar-refractivity contribution in [2.24, 2.45) is 0 Å². The van der Waals surface area contributed by atoms with E-state index in [0.717, 1.165) is 23.9 Å². The molecule has 0 fully saturated rings. The highest BCUT2D eigenvalue weighted by Crippen LogP contribution is 2.31. The third-order valence-electron chi connectivity index (χ3n) is 6.43. The number of rotatable bonds is 16. The molecule has 0 spiro atoms. The van der Waals surface area contributed by atoms with Gasteiger partial charge in [0.2, 0.25) is 5.91 Å². The van der Waals surface area contributed by atoms with Crippen molar-refractivity contribution in [3.05, 3.63) is 42.5 Å². The van der Waals surface area contributed by atoms with E-state index in [2.05, 4.69) is 22.2 Å². The quantitative estimate of drug-likeness (QED) is 0.187. The van der Waals surface area contributed by atoms with E-state index in [1.165, 1.54) is 70.6 Å². The number of aromatic hydroxyl groups is 1. The molecule has 0 aliphatic rings. The van der Waals surface area contributed by atoms with Crippen LogP contribution in [0.5, 0.6) is 5.75 Å². The lowest BCUT2D eigenvalue weighted by molar-refractivity contribution is -0.116. The lowest BCUT2D eigenvalue weighted by Gasteiger charge is -2.08. The fraction of sp³-hybridized carbons (Fsp3) is 0.517. The van der Waals surface area contributed by atoms with Gasteiger partial charge in [-0.2, -0.15) is 0 Å². The molecule has 0 atom stereocenters. The molecule has 3 rings (SSSR count). The number of imidazole rings is 1. The Labute approximate surface area is 204 Å². The van der Waals surface area contributed by atoms with Crippen LogP contribution in [-0.2, 0) is 4.79 Å². The van der Waals surface area contributed by atoms with Crippen LogP contribution in [0.4, 0.5) is 5.69 Å². The summed E-state index contributed by atoms with van der Waals surface area (Å²) in [6.45, 7) is 2.27. The first-order chi connectivity index (χ1) is 16.7. The van der Waals surface area contributed by atoms with Gasteiger partial charge in [-0.3, -0.25) is 4.79 Å². The smallest absolute Gasteiger partial charge is 0.224 e. The summed E-state index contributed by atoms with van der Waals surface area (Å²) in [5.41, 5.74) is 3.00. The third-order valence-corrected chi connectivity index (χ3v) is 6.43. The Morgan fingerprint density at radius 3 is 2.09 bits per heavy atom. The maximum Gasteiger partial charge on any atom is 0.224 e. The number of amides is 1. The zero-order chi connectivity index (χ0) is 24.0. The van der Waals surface area contributed by atoms with Crippen LogP contribution in [0.2, 0.25) is 0 Å². The lowest BCUT2D eigenvalue weighted by atomic mass is 10.0. The number of anilines is 1. The molecule has 0 saturated carbocycles. The van der Waals surface area contributed by atoms with Crippen LogP contribution in [0.3, 0.4) is 0 Å². The Hall–Kier alpha value is -2.82. The van der Waals surface area contributed by atoms with Gasteiger partial charge in [0.25, 0.3) is 0 Å². The van der Waals surface area contributed by atoms with Crippen molar-refractivity contribution in [2.45, 2.75) is 96.8 Å². The highest BCUT2D eigenvalue weighted by atomic mass is 16.3. The molecule has 0 unspecified atom stereocenters. The van der Waals surface area contributed by atoms with Crippen molar-refractivity contribution in [3.8, 4) is 17.1 Å². The number of fused-ring (bicyclic) bond motifs is 1. The second-order valence-electron chi connectivity index (χ2n) is 9.38. The Morgan fingerprint density at radius 1 is 0.853 bits per heavy atom. The molecule has 0 saturated heterocycles. The van der Waals surface area contributed by atoms with Crippen LogP contribution in [0.25, 0.3) is 22.4 Å². The minimum absolute atomic E-state index is 0.000963. The monoisotopic (exact) mass is 463 g/mol. The van der Waals surface area contributed by atoms with E-state index < -0.39 is 0 Å². The number of aromatic amines is 1. The highest BCUT2D eigenvalue weighted by molar-refractivity contribution is 5.91. The van der Waals surface area contributed by atoms with Crippen molar-refractivity contribution < 1.29 is 9.90 Å². The number of para-hydroxylation sites is 2. The fourth-order valence-electron chi connectivity index (χ4n) is 4.42. The summed E-state index contributed by atoms with van der Waals surface area (Å²) in [6, 6.07) is 12.9. The number of nitrogens with one attached hydrogen (secondary N) is 2. The van der Waals surface area contributed by atoms with Crippen LogP contribution in [-0.4, -0.2) is 21.0 Å². The van der Waals surface area contributed by atoms with Crippen molar-refractivity contribution >= 4 is 22.6 Å². The maximum atomic E-state index is 12.3. The Balaban J connectivity index is 1.28. The van der Waals surface area contributed by atoms with E-state index in [1.54, 1.807) is 12.1 Å². The number of unbranched alkanes of at least 4 members (excludes halogenated alkanes) is 12. The first-order valence-electron chi connectivity index (χ1n) is 13.3. The van der Waals surface area contributed by atoms with Crippen molar-refractivity contribution in [1.29, 1.82) is 0 Å². The molecule has 1 heterocycles. The van der Waals surface area contributed by atoms with Gasteiger partial charge in [0.1, 0.15) is 11.6 Å². The van der Waals surface area contributed by atoms with Crippen LogP contribution >= 0.6 is 0 Å². The van der Waals surface area contributed by atoms with E-state index in [4.69, 9.17) is 0 Å². The summed E-state index contributed by atoms with van der Waals surface area (Å²) in [5.74, 6) is 0.709. The van der Waals surface area contributed by atoms with E-state index >= 15 is 0 Å². The van der Waals surface area contributed by atoms with Crippen LogP contribution in [0.1, 0.15) is 96.8 Å². The number of phenols is 1. The third kappa shape index (κ3) is 8.51. The molecular formula is C29H41N3O2. The van der Waals surface area contributed by atoms with Gasteiger partial charge in [-0.05, 0) is 30.7 Å². The van der Waals surface area contributed by atoms with Gasteiger partial charge in [-0.25, -0.2) is 4.98 Å². The summed E-state index contributed by atoms with van der Waals surface area (Å²) in [4.78, 5) is 20.0.